The van der Waals surface area contributed by atoms with Crippen LogP contribution in [-0.4, -0.2) is 82.8 Å². The van der Waals surface area contributed by atoms with Gasteiger partial charge in [0.1, 0.15) is 11.8 Å². The van der Waals surface area contributed by atoms with Crippen molar-refractivity contribution >= 4 is 17.2 Å². The molecule has 2 aromatic heterocycles. The number of carbonyl (C=O) groups is 1. The fraction of sp³-hybridized carbons (Fsp3) is 0.667. The molecular formula is C21H32N6O2. The Kier molecular flexibility index (Phi) is 6.01. The van der Waals surface area contributed by atoms with Gasteiger partial charge < -0.3 is 15.0 Å². The summed E-state index contributed by atoms with van der Waals surface area (Å²) in [5.74, 6) is 1.48. The maximum absolute atomic E-state index is 13.0. The van der Waals surface area contributed by atoms with Crippen LogP contribution in [0.3, 0.4) is 0 Å². The van der Waals surface area contributed by atoms with Crippen molar-refractivity contribution in [1.29, 1.82) is 0 Å². The van der Waals surface area contributed by atoms with Gasteiger partial charge in [0, 0.05) is 45.0 Å². The third-order valence-electron chi connectivity index (χ3n) is 6.76. The molecule has 2 aliphatic rings. The molecule has 1 N–H and O–H groups in total. The molecule has 29 heavy (non-hydrogen) atoms. The highest BCUT2D eigenvalue weighted by molar-refractivity contribution is 5.78. The number of anilines is 1. The summed E-state index contributed by atoms with van der Waals surface area (Å²) in [4.78, 5) is 21.7. The quantitative estimate of drug-likeness (QED) is 0.763. The van der Waals surface area contributed by atoms with Crippen LogP contribution in [0.5, 0.6) is 0 Å². The molecule has 8 heteroatoms. The Morgan fingerprint density at radius 2 is 2.14 bits per heavy atom. The minimum absolute atomic E-state index is 0.134. The summed E-state index contributed by atoms with van der Waals surface area (Å²) in [6.45, 7) is 10.5. The van der Waals surface area contributed by atoms with Crippen molar-refractivity contribution in [2.45, 2.75) is 26.7 Å². The Balaban J connectivity index is 1.48. The van der Waals surface area contributed by atoms with Crippen molar-refractivity contribution in [3.63, 3.8) is 0 Å². The van der Waals surface area contributed by atoms with Crippen LogP contribution in [-0.2, 0) is 9.53 Å². The first-order valence-corrected chi connectivity index (χ1v) is 10.8. The number of carbonyl (C=O) groups excluding carboxylic acids is 1. The molecule has 158 valence electrons. The van der Waals surface area contributed by atoms with Crippen LogP contribution in [0.1, 0.15) is 26.7 Å². The molecule has 0 radical (unpaired) electrons. The van der Waals surface area contributed by atoms with E-state index in [1.807, 2.05) is 22.8 Å². The highest BCUT2D eigenvalue weighted by atomic mass is 16.5. The molecule has 2 aromatic rings. The third kappa shape index (κ3) is 4.09. The first-order valence-electron chi connectivity index (χ1n) is 10.8. The number of rotatable bonds is 7. The van der Waals surface area contributed by atoms with Crippen LogP contribution in [0.15, 0.2) is 24.7 Å². The summed E-state index contributed by atoms with van der Waals surface area (Å²) in [7, 11) is 0. The van der Waals surface area contributed by atoms with Crippen molar-refractivity contribution in [3.8, 4) is 0 Å². The van der Waals surface area contributed by atoms with E-state index in [0.29, 0.717) is 12.5 Å². The van der Waals surface area contributed by atoms with Crippen LogP contribution < -0.4 is 5.32 Å². The highest BCUT2D eigenvalue weighted by Crippen LogP contribution is 2.44. The number of likely N-dealkylation sites (tertiary alicyclic amines) is 1. The van der Waals surface area contributed by atoms with E-state index in [9.17, 15) is 4.79 Å². The number of nitrogens with zero attached hydrogens (tertiary/aromatic N) is 5. The number of nitrogens with one attached hydrogen (secondary N) is 1. The summed E-state index contributed by atoms with van der Waals surface area (Å²) in [5.41, 5.74) is 1.11. The van der Waals surface area contributed by atoms with Crippen molar-refractivity contribution in [2.75, 3.05) is 57.8 Å². The maximum atomic E-state index is 13.0. The highest BCUT2D eigenvalue weighted by Gasteiger charge is 2.48. The molecule has 8 nitrogen and oxygen atoms in total. The van der Waals surface area contributed by atoms with Gasteiger partial charge in [0.25, 0.3) is 0 Å². The number of hydrogen-bond acceptors (Lipinski definition) is 6. The van der Waals surface area contributed by atoms with Gasteiger partial charge in [0.15, 0.2) is 5.82 Å². The van der Waals surface area contributed by atoms with E-state index in [1.54, 1.807) is 6.33 Å². The van der Waals surface area contributed by atoms with E-state index in [1.165, 1.54) is 0 Å². The fourth-order valence-corrected chi connectivity index (χ4v) is 4.81. The number of ether oxygens (including phenoxy) is 1. The predicted molar refractivity (Wildman–Crippen MR) is 112 cm³/mol. The Morgan fingerprint density at radius 1 is 1.34 bits per heavy atom. The SMILES string of the molecule is CCN(CC)CC(=O)N1CC(CNc2ncnn3cccc23)C2(CCOCC2)C1. The van der Waals surface area contributed by atoms with Gasteiger partial charge >= 0.3 is 0 Å². The predicted octanol–water partition coefficient (Wildman–Crippen LogP) is 1.74. The molecule has 4 heterocycles. The van der Waals surface area contributed by atoms with E-state index >= 15 is 0 Å². The topological polar surface area (TPSA) is 75.0 Å². The largest absolute Gasteiger partial charge is 0.381 e. The molecule has 1 atom stereocenters. The molecule has 1 unspecified atom stereocenters. The molecule has 2 saturated heterocycles. The first-order chi connectivity index (χ1) is 14.1. The van der Waals surface area contributed by atoms with Crippen molar-refractivity contribution in [3.05, 3.63) is 24.7 Å². The lowest BCUT2D eigenvalue weighted by Crippen LogP contribution is -2.41. The number of hydrogen-bond donors (Lipinski definition) is 1. The van der Waals surface area contributed by atoms with Gasteiger partial charge in [-0.1, -0.05) is 13.8 Å². The van der Waals surface area contributed by atoms with Gasteiger partial charge in [0.2, 0.25) is 5.91 Å². The Hall–Kier alpha value is -2.19. The minimum atomic E-state index is 0.134. The van der Waals surface area contributed by atoms with Crippen molar-refractivity contribution in [1.82, 2.24) is 24.4 Å². The van der Waals surface area contributed by atoms with Crippen LogP contribution in [0.4, 0.5) is 5.82 Å². The maximum Gasteiger partial charge on any atom is 0.236 e. The average Bonchev–Trinajstić information content (AvgIpc) is 3.36. The number of amides is 1. The average molecular weight is 401 g/mol. The van der Waals surface area contributed by atoms with E-state index in [-0.39, 0.29) is 11.3 Å². The minimum Gasteiger partial charge on any atom is -0.381 e. The Morgan fingerprint density at radius 3 is 2.90 bits per heavy atom. The van der Waals surface area contributed by atoms with E-state index in [4.69, 9.17) is 4.74 Å². The Bertz CT molecular complexity index is 827. The van der Waals surface area contributed by atoms with Crippen LogP contribution >= 0.6 is 0 Å². The van der Waals surface area contributed by atoms with Gasteiger partial charge in [-0.2, -0.15) is 5.10 Å². The lowest BCUT2D eigenvalue weighted by molar-refractivity contribution is -0.132. The van der Waals surface area contributed by atoms with Gasteiger partial charge in [0.05, 0.1) is 6.54 Å². The van der Waals surface area contributed by atoms with E-state index in [0.717, 1.165) is 70.1 Å². The van der Waals surface area contributed by atoms with Gasteiger partial charge in [-0.05, 0) is 43.5 Å². The molecule has 2 aliphatic heterocycles. The normalized spacial score (nSPS) is 21.3. The van der Waals surface area contributed by atoms with Gasteiger partial charge in [-0.15, -0.1) is 0 Å². The van der Waals surface area contributed by atoms with E-state index < -0.39 is 0 Å². The molecule has 0 saturated carbocycles. The van der Waals surface area contributed by atoms with Crippen LogP contribution in [0.2, 0.25) is 0 Å². The monoisotopic (exact) mass is 400 g/mol. The summed E-state index contributed by atoms with van der Waals surface area (Å²) >= 11 is 0. The molecule has 0 bridgehead atoms. The molecule has 1 spiro atoms. The lowest BCUT2D eigenvalue weighted by Gasteiger charge is -2.38. The smallest absolute Gasteiger partial charge is 0.236 e. The zero-order chi connectivity index (χ0) is 20.3. The van der Waals surface area contributed by atoms with Gasteiger partial charge in [-0.3, -0.25) is 9.69 Å². The summed E-state index contributed by atoms with van der Waals surface area (Å²) in [6, 6.07) is 3.99. The molecule has 0 aromatic carbocycles. The molecule has 0 aliphatic carbocycles. The Labute approximate surface area is 172 Å². The zero-order valence-electron chi connectivity index (χ0n) is 17.5. The fourth-order valence-electron chi connectivity index (χ4n) is 4.81. The summed E-state index contributed by atoms with van der Waals surface area (Å²) < 4.78 is 7.48. The second-order valence-corrected chi connectivity index (χ2v) is 8.23. The second kappa shape index (κ2) is 8.67. The summed E-state index contributed by atoms with van der Waals surface area (Å²) in [5, 5.41) is 7.78. The third-order valence-corrected chi connectivity index (χ3v) is 6.76. The van der Waals surface area contributed by atoms with Crippen molar-refractivity contribution in [2.24, 2.45) is 11.3 Å². The number of fused-ring (bicyclic) bond motifs is 1. The first kappa shape index (κ1) is 20.1. The van der Waals surface area contributed by atoms with Crippen LogP contribution in [0.25, 0.3) is 5.52 Å². The standard InChI is InChI=1S/C21H32N6O2/c1-3-25(4-2)14-19(28)26-13-17(21(15-26)7-10-29-11-8-21)12-22-20-18-6-5-9-27(18)24-16-23-20/h5-6,9,16-17H,3-4,7-8,10-15H2,1-2H3,(H,22,23,24). The molecule has 4 rings (SSSR count). The lowest BCUT2D eigenvalue weighted by atomic mass is 9.72. The van der Waals surface area contributed by atoms with Gasteiger partial charge in [-0.25, -0.2) is 9.50 Å². The number of aromatic nitrogens is 3. The van der Waals surface area contributed by atoms with Crippen molar-refractivity contribution < 1.29 is 9.53 Å². The second-order valence-electron chi connectivity index (χ2n) is 8.23. The molecule has 2 fully saturated rings. The number of likely N-dealkylation sites (N-methyl/N-ethyl adjacent to an activating group) is 1. The molecular weight excluding hydrogens is 368 g/mol. The zero-order valence-corrected chi connectivity index (χ0v) is 17.5. The molecule has 1 amide bonds. The van der Waals surface area contributed by atoms with Crippen LogP contribution in [0, 0.1) is 11.3 Å². The van der Waals surface area contributed by atoms with E-state index in [2.05, 4.69) is 39.0 Å². The summed E-state index contributed by atoms with van der Waals surface area (Å²) in [6.07, 6.45) is 5.52.